The average Bonchev–Trinajstić information content (AvgIpc) is 2.75. The van der Waals surface area contributed by atoms with Gasteiger partial charge in [-0.25, -0.2) is 0 Å². The van der Waals surface area contributed by atoms with Crippen LogP contribution < -0.4 is 10.6 Å². The molecule has 0 aliphatic carbocycles. The first-order valence-electron chi connectivity index (χ1n) is 9.90. The van der Waals surface area contributed by atoms with Crippen LogP contribution in [0, 0.1) is 0 Å². The number of nitrogens with two attached hydrogens (primary N) is 1. The van der Waals surface area contributed by atoms with E-state index in [9.17, 15) is 9.59 Å². The lowest BCUT2D eigenvalue weighted by Crippen LogP contribution is -2.88. The summed E-state index contributed by atoms with van der Waals surface area (Å²) in [5.74, 6) is -0.178. The number of benzene rings is 3. The summed E-state index contributed by atoms with van der Waals surface area (Å²) < 4.78 is 0. The van der Waals surface area contributed by atoms with Gasteiger partial charge in [-0.15, -0.1) is 0 Å². The van der Waals surface area contributed by atoms with Gasteiger partial charge in [0, 0.05) is 11.1 Å². The first-order chi connectivity index (χ1) is 14.1. The largest absolute Gasteiger partial charge is 0.341 e. The van der Waals surface area contributed by atoms with E-state index in [1.807, 2.05) is 72.0 Å². The molecule has 29 heavy (non-hydrogen) atoms. The molecule has 0 heterocycles. The van der Waals surface area contributed by atoms with Gasteiger partial charge in [0.05, 0.1) is 6.04 Å². The van der Waals surface area contributed by atoms with E-state index in [0.717, 1.165) is 16.7 Å². The molecule has 1 atom stereocenters. The zero-order valence-corrected chi connectivity index (χ0v) is 16.6. The highest BCUT2D eigenvalue weighted by atomic mass is 16.2. The van der Waals surface area contributed by atoms with Crippen LogP contribution >= 0.6 is 0 Å². The van der Waals surface area contributed by atoms with Crippen LogP contribution in [-0.2, 0) is 16.0 Å². The Labute approximate surface area is 172 Å². The van der Waals surface area contributed by atoms with Gasteiger partial charge in [0.1, 0.15) is 6.04 Å². The molecule has 0 spiro atoms. The van der Waals surface area contributed by atoms with Crippen molar-refractivity contribution in [2.24, 2.45) is 0 Å². The third-order valence-corrected chi connectivity index (χ3v) is 4.96. The molecular weight excluding hydrogens is 360 g/mol. The lowest BCUT2D eigenvalue weighted by molar-refractivity contribution is -0.676. The zero-order chi connectivity index (χ0) is 20.5. The third kappa shape index (κ3) is 6.13. The summed E-state index contributed by atoms with van der Waals surface area (Å²) in [6, 6.07) is 29.5. The number of amides is 1. The topological polar surface area (TPSA) is 62.8 Å². The summed E-state index contributed by atoms with van der Waals surface area (Å²) in [7, 11) is 0. The van der Waals surface area contributed by atoms with Gasteiger partial charge in [-0.05, 0) is 18.9 Å². The first-order valence-corrected chi connectivity index (χ1v) is 9.90. The van der Waals surface area contributed by atoms with Crippen molar-refractivity contribution in [1.82, 2.24) is 5.32 Å². The van der Waals surface area contributed by atoms with E-state index in [1.165, 1.54) is 6.92 Å². The van der Waals surface area contributed by atoms with E-state index in [-0.39, 0.29) is 24.3 Å². The maximum absolute atomic E-state index is 12.6. The standard InChI is InChI=1S/C25H26N2O2/c1-19(28)23(17-20-11-5-2-6-12-20)27-24(29)18-26-25(21-13-7-3-8-14-21)22-15-9-4-10-16-22/h2-16,23,25-26H,17-18H2,1H3,(H,27,29)/p+1/t23-/m1/s1. The molecule has 1 amide bonds. The van der Waals surface area contributed by atoms with E-state index < -0.39 is 6.04 Å². The van der Waals surface area contributed by atoms with Gasteiger partial charge in [-0.1, -0.05) is 91.0 Å². The highest BCUT2D eigenvalue weighted by molar-refractivity contribution is 5.88. The number of carbonyl (C=O) groups excluding carboxylic acids is 2. The lowest BCUT2D eigenvalue weighted by atomic mass is 9.99. The van der Waals surface area contributed by atoms with Crippen LogP contribution in [0.25, 0.3) is 0 Å². The molecule has 148 valence electrons. The van der Waals surface area contributed by atoms with Crippen molar-refractivity contribution in [3.63, 3.8) is 0 Å². The Morgan fingerprint density at radius 3 is 1.76 bits per heavy atom. The van der Waals surface area contributed by atoms with Crippen molar-refractivity contribution in [3.05, 3.63) is 108 Å². The quantitative estimate of drug-likeness (QED) is 0.593. The molecular formula is C25H27N2O2+. The minimum Gasteiger partial charge on any atom is -0.341 e. The predicted molar refractivity (Wildman–Crippen MR) is 114 cm³/mol. The van der Waals surface area contributed by atoms with E-state index in [2.05, 4.69) is 29.6 Å². The summed E-state index contributed by atoms with van der Waals surface area (Å²) in [5, 5.41) is 4.92. The van der Waals surface area contributed by atoms with Crippen LogP contribution in [0.4, 0.5) is 0 Å². The summed E-state index contributed by atoms with van der Waals surface area (Å²) in [4.78, 5) is 24.7. The van der Waals surface area contributed by atoms with Crippen molar-refractivity contribution in [3.8, 4) is 0 Å². The Balaban J connectivity index is 1.65. The molecule has 3 aromatic rings. The molecule has 3 aromatic carbocycles. The molecule has 0 saturated carbocycles. The molecule has 0 fully saturated rings. The summed E-state index contributed by atoms with van der Waals surface area (Å²) in [6.07, 6.45) is 0.503. The second-order valence-corrected chi connectivity index (χ2v) is 7.16. The zero-order valence-electron chi connectivity index (χ0n) is 16.6. The second-order valence-electron chi connectivity index (χ2n) is 7.16. The van der Waals surface area contributed by atoms with Crippen molar-refractivity contribution in [2.45, 2.75) is 25.4 Å². The van der Waals surface area contributed by atoms with Crippen molar-refractivity contribution in [2.75, 3.05) is 6.54 Å². The minimum atomic E-state index is -0.509. The molecule has 4 heteroatoms. The fraction of sp³-hybridized carbons (Fsp3) is 0.200. The number of ketones is 1. The number of nitrogens with one attached hydrogen (secondary N) is 1. The summed E-state index contributed by atoms with van der Waals surface area (Å²) in [6.45, 7) is 1.77. The van der Waals surface area contributed by atoms with Crippen LogP contribution in [0.1, 0.15) is 29.7 Å². The highest BCUT2D eigenvalue weighted by Gasteiger charge is 2.22. The summed E-state index contributed by atoms with van der Waals surface area (Å²) >= 11 is 0. The normalized spacial score (nSPS) is 11.8. The van der Waals surface area contributed by atoms with E-state index >= 15 is 0 Å². The molecule has 0 aliphatic rings. The van der Waals surface area contributed by atoms with Gasteiger partial charge in [-0.2, -0.15) is 0 Å². The molecule has 0 radical (unpaired) electrons. The average molecular weight is 388 g/mol. The van der Waals surface area contributed by atoms with Crippen molar-refractivity contribution in [1.29, 1.82) is 0 Å². The lowest BCUT2D eigenvalue weighted by Gasteiger charge is -2.19. The number of carbonyl (C=O) groups is 2. The van der Waals surface area contributed by atoms with Crippen LogP contribution in [0.2, 0.25) is 0 Å². The number of quaternary nitrogens is 1. The molecule has 0 aliphatic heterocycles. The fourth-order valence-corrected chi connectivity index (χ4v) is 3.41. The van der Waals surface area contributed by atoms with Crippen molar-refractivity contribution < 1.29 is 14.9 Å². The SMILES string of the molecule is CC(=O)[C@@H](Cc1ccccc1)NC(=O)C[NH2+]C(c1ccccc1)c1ccccc1. The number of hydrogen-bond acceptors (Lipinski definition) is 2. The second kappa shape index (κ2) is 10.3. The Morgan fingerprint density at radius 1 is 0.793 bits per heavy atom. The van der Waals surface area contributed by atoms with Gasteiger partial charge >= 0.3 is 0 Å². The van der Waals surface area contributed by atoms with Gasteiger partial charge < -0.3 is 10.6 Å². The highest BCUT2D eigenvalue weighted by Crippen LogP contribution is 2.17. The minimum absolute atomic E-state index is 0.0213. The van der Waals surface area contributed by atoms with Crippen LogP contribution in [0.15, 0.2) is 91.0 Å². The van der Waals surface area contributed by atoms with Gasteiger partial charge in [0.25, 0.3) is 5.91 Å². The van der Waals surface area contributed by atoms with Gasteiger partial charge in [0.15, 0.2) is 12.3 Å². The summed E-state index contributed by atoms with van der Waals surface area (Å²) in [5.41, 5.74) is 3.31. The molecule has 0 saturated heterocycles. The maximum atomic E-state index is 12.6. The van der Waals surface area contributed by atoms with Crippen molar-refractivity contribution >= 4 is 11.7 Å². The van der Waals surface area contributed by atoms with E-state index in [1.54, 1.807) is 0 Å². The molecule has 0 bridgehead atoms. The fourth-order valence-electron chi connectivity index (χ4n) is 3.41. The van der Waals surface area contributed by atoms with Crippen LogP contribution in [0.5, 0.6) is 0 Å². The number of rotatable bonds is 9. The monoisotopic (exact) mass is 387 g/mol. The third-order valence-electron chi connectivity index (χ3n) is 4.96. The van der Waals surface area contributed by atoms with Crippen LogP contribution in [-0.4, -0.2) is 24.3 Å². The Kier molecular flexibility index (Phi) is 7.31. The van der Waals surface area contributed by atoms with Gasteiger partial charge in [-0.3, -0.25) is 9.59 Å². The molecule has 4 nitrogen and oxygen atoms in total. The Bertz CT molecular complexity index is 872. The molecule has 0 aromatic heterocycles. The molecule has 3 rings (SSSR count). The molecule has 0 unspecified atom stereocenters. The smallest absolute Gasteiger partial charge is 0.275 e. The van der Waals surface area contributed by atoms with Gasteiger partial charge in [0.2, 0.25) is 0 Å². The molecule has 3 N–H and O–H groups in total. The predicted octanol–water partition coefficient (Wildman–Crippen LogP) is 2.66. The Morgan fingerprint density at radius 2 is 1.28 bits per heavy atom. The van der Waals surface area contributed by atoms with Crippen LogP contribution in [0.3, 0.4) is 0 Å². The maximum Gasteiger partial charge on any atom is 0.275 e. The number of hydrogen-bond donors (Lipinski definition) is 2. The van der Waals surface area contributed by atoms with E-state index in [0.29, 0.717) is 6.42 Å². The number of Topliss-reactive ketones (excluding diaryl/α,β-unsaturated/α-hetero) is 1. The van der Waals surface area contributed by atoms with E-state index in [4.69, 9.17) is 0 Å². The Hall–Kier alpha value is -3.24. The first kappa shape index (κ1) is 20.5.